The van der Waals surface area contributed by atoms with Crippen molar-refractivity contribution < 1.29 is 22.6 Å². The van der Waals surface area contributed by atoms with E-state index in [2.05, 4.69) is 9.97 Å². The van der Waals surface area contributed by atoms with Crippen LogP contribution < -0.4 is 15.0 Å². The zero-order chi connectivity index (χ0) is 19.6. The summed E-state index contributed by atoms with van der Waals surface area (Å²) in [6.45, 7) is 2.40. The zero-order valence-electron chi connectivity index (χ0n) is 14.7. The van der Waals surface area contributed by atoms with Gasteiger partial charge in [-0.3, -0.25) is 4.79 Å². The molecule has 27 heavy (non-hydrogen) atoms. The van der Waals surface area contributed by atoms with Gasteiger partial charge in [-0.2, -0.15) is 18.2 Å². The Bertz CT molecular complexity index is 977. The summed E-state index contributed by atoms with van der Waals surface area (Å²) in [7, 11) is 0. The van der Waals surface area contributed by atoms with Crippen LogP contribution in [-0.4, -0.2) is 33.4 Å². The molecular weight excluding hydrogens is 363 g/mol. The zero-order valence-corrected chi connectivity index (χ0v) is 14.7. The van der Waals surface area contributed by atoms with Crippen LogP contribution in [0, 0.1) is 0 Å². The van der Waals surface area contributed by atoms with E-state index in [0.29, 0.717) is 23.1 Å². The second-order valence-electron chi connectivity index (χ2n) is 6.01. The second kappa shape index (κ2) is 7.34. The number of ether oxygens (including phenoxy) is 2. The van der Waals surface area contributed by atoms with E-state index in [4.69, 9.17) is 9.47 Å². The molecule has 0 fully saturated rings. The molecule has 0 spiro atoms. The summed E-state index contributed by atoms with van der Waals surface area (Å²) in [5.41, 5.74) is 0.469. The molecule has 0 saturated carbocycles. The summed E-state index contributed by atoms with van der Waals surface area (Å²) >= 11 is 0. The van der Waals surface area contributed by atoms with Crippen LogP contribution in [0.1, 0.15) is 20.3 Å². The molecule has 0 bridgehead atoms. The predicted octanol–water partition coefficient (Wildman–Crippen LogP) is 3.83. The number of H-pyrrole nitrogens is 1. The highest BCUT2D eigenvalue weighted by Gasteiger charge is 2.28. The molecular formula is C18H18F3N3O3. The van der Waals surface area contributed by atoms with E-state index in [1.807, 2.05) is 13.8 Å². The predicted molar refractivity (Wildman–Crippen MR) is 93.6 cm³/mol. The van der Waals surface area contributed by atoms with Crippen LogP contribution in [-0.2, 0) is 0 Å². The topological polar surface area (TPSA) is 69.1 Å². The number of nitrogens with one attached hydrogen (secondary N) is 1. The quantitative estimate of drug-likeness (QED) is 0.705. The molecule has 144 valence electrons. The fraction of sp³-hybridized carbons (Fsp3) is 0.333. The summed E-state index contributed by atoms with van der Waals surface area (Å²) < 4.78 is 48.6. The Morgan fingerprint density at radius 2 is 1.93 bits per heavy atom. The van der Waals surface area contributed by atoms with Gasteiger partial charge < -0.3 is 14.5 Å². The lowest BCUT2D eigenvalue weighted by Crippen LogP contribution is -2.24. The van der Waals surface area contributed by atoms with E-state index in [1.165, 1.54) is 28.8 Å². The number of hydrogen-bond donors (Lipinski definition) is 1. The fourth-order valence-electron chi connectivity index (χ4n) is 2.41. The first kappa shape index (κ1) is 18.8. The number of fused-ring (bicyclic) bond motifs is 1. The van der Waals surface area contributed by atoms with E-state index in [1.54, 1.807) is 12.3 Å². The molecule has 1 unspecified atom stereocenters. The smallest absolute Gasteiger partial charge is 0.422 e. The highest BCUT2D eigenvalue weighted by molar-refractivity contribution is 5.75. The summed E-state index contributed by atoms with van der Waals surface area (Å²) in [5.74, 6) is 0.0456. The molecule has 2 aromatic heterocycles. The highest BCUT2D eigenvalue weighted by Crippen LogP contribution is 2.22. The number of aromatic nitrogens is 3. The second-order valence-corrected chi connectivity index (χ2v) is 6.01. The molecule has 1 aromatic carbocycles. The van der Waals surface area contributed by atoms with E-state index < -0.39 is 12.8 Å². The third-order valence-electron chi connectivity index (χ3n) is 3.94. The minimum Gasteiger partial charge on any atom is -0.484 e. The average molecular weight is 381 g/mol. The lowest BCUT2D eigenvalue weighted by molar-refractivity contribution is -0.153. The Kier molecular flexibility index (Phi) is 5.11. The molecule has 0 saturated heterocycles. The Balaban J connectivity index is 2.00. The number of nitrogens with zero attached hydrogens (tertiary/aromatic N) is 2. The third-order valence-corrected chi connectivity index (χ3v) is 3.94. The van der Waals surface area contributed by atoms with Crippen molar-refractivity contribution in [3.8, 4) is 17.4 Å². The van der Waals surface area contributed by atoms with E-state index in [-0.39, 0.29) is 23.4 Å². The standard InChI is InChI=1S/C18H18F3N3O3/c1-3-11(2)27-17-23-15-14(8-9-22-15)16(25)24(17)12-4-6-13(7-5-12)26-10-18(19,20)21/h4-9,11,22H,3,10H2,1-2H3. The van der Waals surface area contributed by atoms with Gasteiger partial charge in [-0.1, -0.05) is 6.92 Å². The molecule has 6 nitrogen and oxygen atoms in total. The minimum absolute atomic E-state index is 0.0456. The maximum Gasteiger partial charge on any atom is 0.422 e. The summed E-state index contributed by atoms with van der Waals surface area (Å²) in [6, 6.07) is 7.40. The molecule has 1 N–H and O–H groups in total. The van der Waals surface area contributed by atoms with Gasteiger partial charge in [0.2, 0.25) is 0 Å². The molecule has 3 rings (SSSR count). The Morgan fingerprint density at radius 3 is 2.56 bits per heavy atom. The van der Waals surface area contributed by atoms with Crippen LogP contribution in [0.15, 0.2) is 41.3 Å². The normalized spacial score (nSPS) is 12.9. The third kappa shape index (κ3) is 4.24. The van der Waals surface area contributed by atoms with Crippen molar-refractivity contribution in [2.75, 3.05) is 6.61 Å². The van der Waals surface area contributed by atoms with E-state index >= 15 is 0 Å². The molecule has 0 aliphatic carbocycles. The SMILES string of the molecule is CCC(C)Oc1nc2[nH]ccc2c(=O)n1-c1ccc(OCC(F)(F)F)cc1. The number of hydrogen-bond acceptors (Lipinski definition) is 4. The average Bonchev–Trinajstić information content (AvgIpc) is 3.09. The van der Waals surface area contributed by atoms with Crippen LogP contribution in [0.4, 0.5) is 13.2 Å². The van der Waals surface area contributed by atoms with Crippen LogP contribution >= 0.6 is 0 Å². The molecule has 0 radical (unpaired) electrons. The molecule has 0 amide bonds. The van der Waals surface area contributed by atoms with Crippen LogP contribution in [0.25, 0.3) is 16.7 Å². The van der Waals surface area contributed by atoms with Gasteiger partial charge in [0.15, 0.2) is 6.61 Å². The number of rotatable bonds is 6. The first-order valence-corrected chi connectivity index (χ1v) is 8.35. The lowest BCUT2D eigenvalue weighted by atomic mass is 10.3. The van der Waals surface area contributed by atoms with Gasteiger partial charge in [0.05, 0.1) is 17.2 Å². The van der Waals surface area contributed by atoms with Gasteiger partial charge in [-0.25, -0.2) is 4.57 Å². The summed E-state index contributed by atoms with van der Waals surface area (Å²) in [4.78, 5) is 20.1. The minimum atomic E-state index is -4.42. The number of halogens is 3. The molecule has 1 atom stereocenters. The van der Waals surface area contributed by atoms with Gasteiger partial charge in [0, 0.05) is 6.20 Å². The highest BCUT2D eigenvalue weighted by atomic mass is 19.4. The molecule has 2 heterocycles. The van der Waals surface area contributed by atoms with E-state index in [9.17, 15) is 18.0 Å². The molecule has 3 aromatic rings. The first-order chi connectivity index (χ1) is 12.8. The van der Waals surface area contributed by atoms with Gasteiger partial charge in [-0.15, -0.1) is 0 Å². The largest absolute Gasteiger partial charge is 0.484 e. The van der Waals surface area contributed by atoms with Crippen molar-refractivity contribution >= 4 is 11.0 Å². The van der Waals surface area contributed by atoms with Gasteiger partial charge >= 0.3 is 12.2 Å². The summed E-state index contributed by atoms with van der Waals surface area (Å²) in [6.07, 6.45) is -2.28. The fourth-order valence-corrected chi connectivity index (χ4v) is 2.41. The molecule has 0 aliphatic heterocycles. The maximum atomic E-state index is 12.9. The molecule has 0 aliphatic rings. The van der Waals surface area contributed by atoms with Crippen molar-refractivity contribution in [3.05, 3.63) is 46.9 Å². The number of benzene rings is 1. The van der Waals surface area contributed by atoms with Crippen molar-refractivity contribution in [1.82, 2.24) is 14.5 Å². The van der Waals surface area contributed by atoms with Gasteiger partial charge in [0.25, 0.3) is 5.56 Å². The van der Waals surface area contributed by atoms with Crippen molar-refractivity contribution in [3.63, 3.8) is 0 Å². The number of aromatic amines is 1. The van der Waals surface area contributed by atoms with Gasteiger partial charge in [-0.05, 0) is 43.7 Å². The van der Waals surface area contributed by atoms with Gasteiger partial charge in [0.1, 0.15) is 11.4 Å². The van der Waals surface area contributed by atoms with Crippen LogP contribution in [0.5, 0.6) is 11.8 Å². The Labute approximate surface area is 152 Å². The van der Waals surface area contributed by atoms with Crippen LogP contribution in [0.2, 0.25) is 0 Å². The summed E-state index contributed by atoms with van der Waals surface area (Å²) in [5, 5.41) is 0.379. The van der Waals surface area contributed by atoms with Crippen molar-refractivity contribution in [1.29, 1.82) is 0 Å². The monoisotopic (exact) mass is 381 g/mol. The Morgan fingerprint density at radius 1 is 1.22 bits per heavy atom. The van der Waals surface area contributed by atoms with E-state index in [0.717, 1.165) is 0 Å². The molecule has 9 heteroatoms. The van der Waals surface area contributed by atoms with Crippen LogP contribution in [0.3, 0.4) is 0 Å². The Hall–Kier alpha value is -2.97. The first-order valence-electron chi connectivity index (χ1n) is 8.35. The van der Waals surface area contributed by atoms with Crippen molar-refractivity contribution in [2.45, 2.75) is 32.5 Å². The maximum absolute atomic E-state index is 12.9. The lowest BCUT2D eigenvalue weighted by Gasteiger charge is -2.17. The van der Waals surface area contributed by atoms with Crippen molar-refractivity contribution in [2.24, 2.45) is 0 Å². The number of alkyl halides is 3.